The number of carbonyl (C=O) groups is 1. The molecule has 118 valence electrons. The average Bonchev–Trinajstić information content (AvgIpc) is 2.93. The van der Waals surface area contributed by atoms with Gasteiger partial charge in [0.15, 0.2) is 5.54 Å². The second-order valence-corrected chi connectivity index (χ2v) is 5.59. The van der Waals surface area contributed by atoms with E-state index in [4.69, 9.17) is 4.74 Å². The third-order valence-corrected chi connectivity index (χ3v) is 3.64. The van der Waals surface area contributed by atoms with E-state index in [9.17, 15) is 9.18 Å². The van der Waals surface area contributed by atoms with Crippen LogP contribution in [0.1, 0.15) is 33.3 Å². The summed E-state index contributed by atoms with van der Waals surface area (Å²) in [5.41, 5.74) is 1.71. The first-order valence-corrected chi connectivity index (χ1v) is 7.42. The summed E-state index contributed by atoms with van der Waals surface area (Å²) < 4.78 is 19.8. The van der Waals surface area contributed by atoms with Gasteiger partial charge >= 0.3 is 5.97 Å². The van der Waals surface area contributed by atoms with Gasteiger partial charge in [0.1, 0.15) is 5.82 Å². The number of aromatic nitrogens is 2. The summed E-state index contributed by atoms with van der Waals surface area (Å²) in [6, 6.07) is 6.20. The minimum atomic E-state index is -0.891. The largest absolute Gasteiger partial charge is 0.464 e. The van der Waals surface area contributed by atoms with Crippen LogP contribution in [0.3, 0.4) is 0 Å². The minimum Gasteiger partial charge on any atom is -0.464 e. The molecule has 2 rings (SSSR count). The van der Waals surface area contributed by atoms with Crippen molar-refractivity contribution in [2.75, 3.05) is 6.61 Å². The maximum absolute atomic E-state index is 13.1. The molecule has 0 radical (unpaired) electrons. The number of ether oxygens (including phenoxy) is 1. The normalized spacial score (nSPS) is 11.5. The first-order valence-electron chi connectivity index (χ1n) is 7.42. The SMILES string of the molecule is CCOC(=O)C(C)(C)n1cc(CC)c(-c2ccc(F)cc2)n1. The number of benzene rings is 1. The van der Waals surface area contributed by atoms with Crippen LogP contribution in [0.2, 0.25) is 0 Å². The number of hydrogen-bond donors (Lipinski definition) is 0. The van der Waals surface area contributed by atoms with Crippen LogP contribution in [-0.4, -0.2) is 22.4 Å². The van der Waals surface area contributed by atoms with Crippen molar-refractivity contribution in [1.82, 2.24) is 9.78 Å². The van der Waals surface area contributed by atoms with E-state index in [-0.39, 0.29) is 11.8 Å². The van der Waals surface area contributed by atoms with Crippen LogP contribution < -0.4 is 0 Å². The number of carbonyl (C=O) groups excluding carboxylic acids is 1. The molecule has 0 atom stereocenters. The number of rotatable bonds is 5. The molecule has 0 spiro atoms. The average molecular weight is 304 g/mol. The van der Waals surface area contributed by atoms with Gasteiger partial charge in [0.25, 0.3) is 0 Å². The number of aryl methyl sites for hydroxylation is 1. The van der Waals surface area contributed by atoms with Crippen molar-refractivity contribution in [1.29, 1.82) is 0 Å². The Morgan fingerprint density at radius 2 is 1.91 bits per heavy atom. The Balaban J connectivity index is 2.44. The number of esters is 1. The maximum Gasteiger partial charge on any atom is 0.333 e. The van der Waals surface area contributed by atoms with Crippen LogP contribution in [-0.2, 0) is 21.5 Å². The third kappa shape index (κ3) is 3.03. The van der Waals surface area contributed by atoms with Crippen molar-refractivity contribution in [3.8, 4) is 11.3 Å². The van der Waals surface area contributed by atoms with Crippen LogP contribution in [0.25, 0.3) is 11.3 Å². The van der Waals surface area contributed by atoms with Gasteiger partial charge in [0.2, 0.25) is 0 Å². The Hall–Kier alpha value is -2.17. The molecule has 0 fully saturated rings. The van der Waals surface area contributed by atoms with Gasteiger partial charge in [0.05, 0.1) is 12.3 Å². The number of hydrogen-bond acceptors (Lipinski definition) is 3. The van der Waals surface area contributed by atoms with Gasteiger partial charge in [-0.25, -0.2) is 9.18 Å². The van der Waals surface area contributed by atoms with Crippen LogP contribution in [0.5, 0.6) is 0 Å². The van der Waals surface area contributed by atoms with Gasteiger partial charge in [-0.15, -0.1) is 0 Å². The molecule has 2 aromatic rings. The van der Waals surface area contributed by atoms with E-state index in [1.165, 1.54) is 12.1 Å². The van der Waals surface area contributed by atoms with Gasteiger partial charge < -0.3 is 4.74 Å². The molecular weight excluding hydrogens is 283 g/mol. The van der Waals surface area contributed by atoms with Gasteiger partial charge in [-0.3, -0.25) is 4.68 Å². The predicted octanol–water partition coefficient (Wildman–Crippen LogP) is 3.55. The lowest BCUT2D eigenvalue weighted by molar-refractivity contribution is -0.152. The fourth-order valence-electron chi connectivity index (χ4n) is 2.21. The van der Waals surface area contributed by atoms with Crippen LogP contribution >= 0.6 is 0 Å². The van der Waals surface area contributed by atoms with E-state index in [0.717, 1.165) is 23.2 Å². The Morgan fingerprint density at radius 1 is 1.27 bits per heavy atom. The Bertz CT molecular complexity index is 660. The summed E-state index contributed by atoms with van der Waals surface area (Å²) in [6.45, 7) is 7.66. The van der Waals surface area contributed by atoms with Gasteiger partial charge in [-0.1, -0.05) is 6.92 Å². The summed E-state index contributed by atoms with van der Waals surface area (Å²) in [6.07, 6.45) is 2.63. The summed E-state index contributed by atoms with van der Waals surface area (Å²) >= 11 is 0. The van der Waals surface area contributed by atoms with Crippen LogP contribution in [0.4, 0.5) is 4.39 Å². The van der Waals surface area contributed by atoms with Crippen LogP contribution in [0, 0.1) is 5.82 Å². The molecule has 4 nitrogen and oxygen atoms in total. The third-order valence-electron chi connectivity index (χ3n) is 3.64. The molecule has 0 bridgehead atoms. The summed E-state index contributed by atoms with van der Waals surface area (Å²) in [5, 5.41) is 4.55. The van der Waals surface area contributed by atoms with Crippen molar-refractivity contribution in [2.24, 2.45) is 0 Å². The van der Waals surface area contributed by atoms with Crippen molar-refractivity contribution in [2.45, 2.75) is 39.7 Å². The second-order valence-electron chi connectivity index (χ2n) is 5.59. The van der Waals surface area contributed by atoms with Gasteiger partial charge in [-0.2, -0.15) is 5.10 Å². The molecule has 22 heavy (non-hydrogen) atoms. The zero-order valence-corrected chi connectivity index (χ0v) is 13.4. The molecule has 0 unspecified atom stereocenters. The highest BCUT2D eigenvalue weighted by Crippen LogP contribution is 2.26. The molecule has 0 amide bonds. The minimum absolute atomic E-state index is 0.284. The van der Waals surface area contributed by atoms with E-state index >= 15 is 0 Å². The highest BCUT2D eigenvalue weighted by Gasteiger charge is 2.33. The van der Waals surface area contributed by atoms with E-state index in [1.54, 1.807) is 37.6 Å². The van der Waals surface area contributed by atoms with Crippen molar-refractivity contribution < 1.29 is 13.9 Å². The van der Waals surface area contributed by atoms with Crippen molar-refractivity contribution in [3.05, 3.63) is 41.8 Å². The molecule has 1 aromatic carbocycles. The summed E-state index contributed by atoms with van der Waals surface area (Å²) in [4.78, 5) is 12.1. The molecule has 0 saturated carbocycles. The highest BCUT2D eigenvalue weighted by atomic mass is 19.1. The molecule has 1 aromatic heterocycles. The fourth-order valence-corrected chi connectivity index (χ4v) is 2.21. The van der Waals surface area contributed by atoms with E-state index in [0.29, 0.717) is 6.61 Å². The number of halogens is 1. The fraction of sp³-hybridized carbons (Fsp3) is 0.412. The standard InChI is InChI=1S/C17H21FN2O2/c1-5-12-11-20(17(3,4)16(21)22-6-2)19-15(12)13-7-9-14(18)10-8-13/h7-11H,5-6H2,1-4H3. The topological polar surface area (TPSA) is 44.1 Å². The molecule has 5 heteroatoms. The molecule has 0 saturated heterocycles. The highest BCUT2D eigenvalue weighted by molar-refractivity contribution is 5.78. The molecule has 0 N–H and O–H groups in total. The Labute approximate surface area is 129 Å². The summed E-state index contributed by atoms with van der Waals surface area (Å²) in [7, 11) is 0. The van der Waals surface area contributed by atoms with E-state index in [2.05, 4.69) is 5.10 Å². The number of nitrogens with zero attached hydrogens (tertiary/aromatic N) is 2. The molecule has 1 heterocycles. The summed E-state index contributed by atoms with van der Waals surface area (Å²) in [5.74, 6) is -0.612. The first-order chi connectivity index (χ1) is 10.4. The molecule has 0 aliphatic rings. The van der Waals surface area contributed by atoms with Crippen molar-refractivity contribution >= 4 is 5.97 Å². The van der Waals surface area contributed by atoms with Crippen molar-refractivity contribution in [3.63, 3.8) is 0 Å². The predicted molar refractivity (Wildman–Crippen MR) is 83.0 cm³/mol. The van der Waals surface area contributed by atoms with E-state index < -0.39 is 5.54 Å². The Morgan fingerprint density at radius 3 is 2.45 bits per heavy atom. The van der Waals surface area contributed by atoms with Gasteiger partial charge in [0, 0.05) is 11.8 Å². The Kier molecular flexibility index (Phi) is 4.64. The lowest BCUT2D eigenvalue weighted by atomic mass is 10.1. The first kappa shape index (κ1) is 16.2. The molecule has 0 aliphatic carbocycles. The monoisotopic (exact) mass is 304 g/mol. The second kappa shape index (κ2) is 6.30. The zero-order valence-electron chi connectivity index (χ0n) is 13.4. The van der Waals surface area contributed by atoms with Gasteiger partial charge in [-0.05, 0) is 57.0 Å². The smallest absolute Gasteiger partial charge is 0.333 e. The zero-order chi connectivity index (χ0) is 16.3. The molecule has 0 aliphatic heterocycles. The maximum atomic E-state index is 13.1. The van der Waals surface area contributed by atoms with Crippen LogP contribution in [0.15, 0.2) is 30.5 Å². The lowest BCUT2D eigenvalue weighted by Gasteiger charge is -2.22. The lowest BCUT2D eigenvalue weighted by Crippen LogP contribution is -2.37. The van der Waals surface area contributed by atoms with E-state index in [1.807, 2.05) is 13.1 Å². The molecular formula is C17H21FN2O2. The quantitative estimate of drug-likeness (QED) is 0.793.